The monoisotopic (exact) mass is 387 g/mol. The van der Waals surface area contributed by atoms with Gasteiger partial charge in [0.2, 0.25) is 11.8 Å². The lowest BCUT2D eigenvalue weighted by Gasteiger charge is -2.20. The highest BCUT2D eigenvalue weighted by Crippen LogP contribution is 2.00. The molecule has 154 valence electrons. The Morgan fingerprint density at radius 1 is 0.889 bits per heavy atom. The number of guanidine groups is 2. The molecule has 0 aliphatic carbocycles. The van der Waals surface area contributed by atoms with Crippen molar-refractivity contribution in [3.63, 3.8) is 0 Å². The van der Waals surface area contributed by atoms with E-state index in [1.54, 1.807) is 0 Å². The van der Waals surface area contributed by atoms with E-state index >= 15 is 0 Å². The summed E-state index contributed by atoms with van der Waals surface area (Å²) in [6.45, 7) is 0.131. The quantitative estimate of drug-likeness (QED) is 0.0855. The van der Waals surface area contributed by atoms with Crippen LogP contribution in [0.25, 0.3) is 0 Å². The molecule has 0 bridgehead atoms. The maximum absolute atomic E-state index is 12.2. The van der Waals surface area contributed by atoms with E-state index in [1.165, 1.54) is 0 Å². The normalized spacial score (nSPS) is 12.3. The topological polar surface area (TPSA) is 245 Å². The number of nitrogens with two attached hydrogens (primary N) is 3. The minimum absolute atomic E-state index is 0.178. The molecule has 0 aromatic heterocycles. The highest BCUT2D eigenvalue weighted by atomic mass is 16.4. The molecule has 0 aliphatic rings. The predicted molar refractivity (Wildman–Crippen MR) is 98.9 cm³/mol. The molecule has 0 saturated heterocycles. The fourth-order valence-electron chi connectivity index (χ4n) is 2.04. The van der Waals surface area contributed by atoms with Gasteiger partial charge < -0.3 is 43.6 Å². The van der Waals surface area contributed by atoms with Gasteiger partial charge in [-0.25, -0.2) is 0 Å². The third-order valence-corrected chi connectivity index (χ3v) is 3.38. The van der Waals surface area contributed by atoms with Crippen molar-refractivity contribution in [2.45, 2.75) is 37.8 Å². The zero-order valence-electron chi connectivity index (χ0n) is 15.0. The average molecular weight is 387 g/mol. The molecule has 0 aliphatic heterocycles. The molecule has 0 saturated carbocycles. The van der Waals surface area contributed by atoms with Gasteiger partial charge in [0.15, 0.2) is 11.9 Å². The standard InChI is InChI=1S/C14H29N9O4/c15-8(3-1-5-20-13(16)17)11(26)23-9(4-2-6-21-14(18)19)12(27)22-7-10(24)25/h8-9H,1-7,15H2,(H,22,27)(H,23,26)(H,24,25)(H4,16,17,20)(H4,18,19,21)/t8-,9-/m0/s1. The average Bonchev–Trinajstić information content (AvgIpc) is 2.58. The summed E-state index contributed by atoms with van der Waals surface area (Å²) in [5.74, 6) is -2.79. The Morgan fingerprint density at radius 3 is 1.89 bits per heavy atom. The number of rotatable bonds is 13. The molecule has 0 aromatic rings. The van der Waals surface area contributed by atoms with Crippen LogP contribution in [0, 0.1) is 10.8 Å². The third kappa shape index (κ3) is 12.9. The number of nitrogens with one attached hydrogen (secondary N) is 6. The lowest BCUT2D eigenvalue weighted by molar-refractivity contribution is -0.138. The van der Waals surface area contributed by atoms with E-state index in [-0.39, 0.29) is 18.3 Å². The Labute approximate surface area is 156 Å². The van der Waals surface area contributed by atoms with E-state index in [4.69, 9.17) is 33.1 Å². The van der Waals surface area contributed by atoms with Crippen molar-refractivity contribution in [2.24, 2.45) is 17.2 Å². The summed E-state index contributed by atoms with van der Waals surface area (Å²) in [6, 6.07) is -1.84. The molecule has 0 rings (SSSR count). The van der Waals surface area contributed by atoms with Gasteiger partial charge in [-0.2, -0.15) is 0 Å². The molecule has 2 amide bonds. The zero-order valence-corrected chi connectivity index (χ0v) is 15.0. The molecule has 0 aromatic carbocycles. The first-order valence-corrected chi connectivity index (χ1v) is 8.34. The smallest absolute Gasteiger partial charge is 0.322 e. The number of hydrogen-bond acceptors (Lipinski definition) is 6. The molecule has 0 fully saturated rings. The van der Waals surface area contributed by atoms with E-state index in [9.17, 15) is 14.4 Å². The second-order valence-corrected chi connectivity index (χ2v) is 5.74. The molecular formula is C14H29N9O4. The van der Waals surface area contributed by atoms with E-state index in [0.29, 0.717) is 32.4 Å². The summed E-state index contributed by atoms with van der Waals surface area (Å²) < 4.78 is 0. The van der Waals surface area contributed by atoms with Crippen molar-refractivity contribution in [3.05, 3.63) is 0 Å². The number of hydrogen-bond donors (Lipinski definition) is 10. The van der Waals surface area contributed by atoms with E-state index in [1.807, 2.05) is 0 Å². The molecule has 0 unspecified atom stereocenters. The summed E-state index contributed by atoms with van der Waals surface area (Å²) in [4.78, 5) is 34.9. The molecule has 27 heavy (non-hydrogen) atoms. The SMILES string of the molecule is N=C(N)NCCC[C@H](NC(=O)[C@@H](N)CCCNC(=N)N)C(=O)NCC(=O)O. The second-order valence-electron chi connectivity index (χ2n) is 5.74. The molecule has 0 heterocycles. The number of amides is 2. The molecular weight excluding hydrogens is 358 g/mol. The summed E-state index contributed by atoms with van der Waals surface area (Å²) in [5.41, 5.74) is 16.1. The van der Waals surface area contributed by atoms with Gasteiger partial charge in [0.1, 0.15) is 12.6 Å². The van der Waals surface area contributed by atoms with Gasteiger partial charge in [0.25, 0.3) is 0 Å². The summed E-state index contributed by atoms with van der Waals surface area (Å²) in [7, 11) is 0. The Morgan fingerprint density at radius 2 is 1.41 bits per heavy atom. The number of aliphatic carboxylic acids is 1. The zero-order chi connectivity index (χ0) is 20.8. The number of carboxylic acids is 1. The lowest BCUT2D eigenvalue weighted by Crippen LogP contribution is -2.52. The van der Waals surface area contributed by atoms with Crippen LogP contribution in [0.4, 0.5) is 0 Å². The van der Waals surface area contributed by atoms with Crippen LogP contribution in [0.2, 0.25) is 0 Å². The van der Waals surface area contributed by atoms with Crippen molar-refractivity contribution in [1.29, 1.82) is 10.8 Å². The Bertz CT molecular complexity index is 541. The first-order chi connectivity index (χ1) is 12.6. The van der Waals surface area contributed by atoms with Gasteiger partial charge in [-0.05, 0) is 25.7 Å². The van der Waals surface area contributed by atoms with Crippen LogP contribution in [0.5, 0.6) is 0 Å². The van der Waals surface area contributed by atoms with E-state index < -0.39 is 36.4 Å². The van der Waals surface area contributed by atoms with E-state index in [2.05, 4.69) is 21.3 Å². The number of carbonyl (C=O) groups excluding carboxylic acids is 2. The van der Waals surface area contributed by atoms with E-state index in [0.717, 1.165) is 0 Å². The van der Waals surface area contributed by atoms with Crippen LogP contribution in [-0.4, -0.2) is 66.5 Å². The Balaban J connectivity index is 4.57. The lowest BCUT2D eigenvalue weighted by atomic mass is 10.1. The molecule has 0 spiro atoms. The van der Waals surface area contributed by atoms with Gasteiger partial charge in [-0.1, -0.05) is 0 Å². The summed E-state index contributed by atoms with van der Waals surface area (Å²) in [5, 5.41) is 32.6. The van der Waals surface area contributed by atoms with Crippen LogP contribution in [-0.2, 0) is 14.4 Å². The van der Waals surface area contributed by atoms with Crippen molar-refractivity contribution < 1.29 is 19.5 Å². The molecule has 0 radical (unpaired) electrons. The van der Waals surface area contributed by atoms with Crippen molar-refractivity contribution in [2.75, 3.05) is 19.6 Å². The second kappa shape index (κ2) is 13.2. The third-order valence-electron chi connectivity index (χ3n) is 3.38. The van der Waals surface area contributed by atoms with Gasteiger partial charge in [-0.15, -0.1) is 0 Å². The fraction of sp³-hybridized carbons (Fsp3) is 0.643. The largest absolute Gasteiger partial charge is 0.480 e. The predicted octanol–water partition coefficient (Wildman–Crippen LogP) is -3.47. The van der Waals surface area contributed by atoms with Crippen LogP contribution in [0.15, 0.2) is 0 Å². The molecule has 13 nitrogen and oxygen atoms in total. The highest BCUT2D eigenvalue weighted by molar-refractivity contribution is 5.90. The summed E-state index contributed by atoms with van der Waals surface area (Å²) in [6.07, 6.45) is 1.41. The highest BCUT2D eigenvalue weighted by Gasteiger charge is 2.23. The fourth-order valence-corrected chi connectivity index (χ4v) is 2.04. The molecule has 2 atom stereocenters. The maximum atomic E-state index is 12.2. The van der Waals surface area contributed by atoms with Crippen molar-refractivity contribution in [1.82, 2.24) is 21.3 Å². The summed E-state index contributed by atoms with van der Waals surface area (Å²) >= 11 is 0. The molecule has 13 heteroatoms. The minimum atomic E-state index is -1.21. The van der Waals surface area contributed by atoms with Crippen LogP contribution in [0.3, 0.4) is 0 Å². The Hall–Kier alpha value is -3.09. The van der Waals surface area contributed by atoms with Crippen LogP contribution < -0.4 is 38.5 Å². The minimum Gasteiger partial charge on any atom is -0.480 e. The molecule has 13 N–H and O–H groups in total. The van der Waals surface area contributed by atoms with Gasteiger partial charge in [0, 0.05) is 13.1 Å². The maximum Gasteiger partial charge on any atom is 0.322 e. The Kier molecular flexibility index (Phi) is 11.7. The van der Waals surface area contributed by atoms with Gasteiger partial charge in [0.05, 0.1) is 6.04 Å². The van der Waals surface area contributed by atoms with Crippen LogP contribution in [0.1, 0.15) is 25.7 Å². The first kappa shape index (κ1) is 23.9. The van der Waals surface area contributed by atoms with Crippen molar-refractivity contribution >= 4 is 29.7 Å². The van der Waals surface area contributed by atoms with Crippen molar-refractivity contribution in [3.8, 4) is 0 Å². The first-order valence-electron chi connectivity index (χ1n) is 8.34. The van der Waals surface area contributed by atoms with Gasteiger partial charge in [-0.3, -0.25) is 25.2 Å². The van der Waals surface area contributed by atoms with Gasteiger partial charge >= 0.3 is 5.97 Å². The number of carbonyl (C=O) groups is 3. The van der Waals surface area contributed by atoms with Crippen LogP contribution >= 0.6 is 0 Å². The number of carboxylic acid groups (broad SMARTS) is 1.